The molecule has 224 valence electrons. The largest absolute Gasteiger partial charge is 0.466 e. The Kier molecular flexibility index (Phi) is 11.5. The second kappa shape index (κ2) is 14.6. The monoisotopic (exact) mass is 566 g/mol. The fraction of sp³-hybridized carbons (Fsp3) is 0.559. The van der Waals surface area contributed by atoms with E-state index in [0.29, 0.717) is 57.2 Å². The third-order valence-electron chi connectivity index (χ3n) is 8.50. The summed E-state index contributed by atoms with van der Waals surface area (Å²) in [6.07, 6.45) is 8.96. The van der Waals surface area contributed by atoms with Crippen molar-refractivity contribution in [2.75, 3.05) is 25.1 Å². The molecule has 1 aliphatic heterocycles. The fourth-order valence-corrected chi connectivity index (χ4v) is 6.20. The Bertz CT molecular complexity index is 1160. The highest BCUT2D eigenvalue weighted by Gasteiger charge is 2.45. The van der Waals surface area contributed by atoms with E-state index in [9.17, 15) is 18.8 Å². The summed E-state index contributed by atoms with van der Waals surface area (Å²) in [4.78, 5) is 41.9. The maximum atomic E-state index is 14.3. The molecule has 6 nitrogen and oxygen atoms in total. The van der Waals surface area contributed by atoms with Crippen molar-refractivity contribution in [1.82, 2.24) is 4.90 Å². The topological polar surface area (TPSA) is 75.7 Å². The maximum absolute atomic E-state index is 14.3. The maximum Gasteiger partial charge on any atom is 0.308 e. The van der Waals surface area contributed by atoms with E-state index in [-0.39, 0.29) is 46.6 Å². The Labute approximate surface area is 245 Å². The number of rotatable bonds is 9. The first-order valence-corrected chi connectivity index (χ1v) is 15.0. The number of nitrogens with one attached hydrogen (secondary N) is 1. The number of hydrogen-bond donors (Lipinski definition) is 1. The van der Waals surface area contributed by atoms with E-state index in [2.05, 4.69) is 38.7 Å². The van der Waals surface area contributed by atoms with Gasteiger partial charge in [0.2, 0.25) is 5.91 Å². The summed E-state index contributed by atoms with van der Waals surface area (Å²) in [6.45, 7) is 13.5. The number of alkyl halides is 1. The predicted molar refractivity (Wildman–Crippen MR) is 162 cm³/mol. The first kappa shape index (κ1) is 32.3. The smallest absolute Gasteiger partial charge is 0.308 e. The zero-order chi connectivity index (χ0) is 30.2. The van der Waals surface area contributed by atoms with E-state index < -0.39 is 12.6 Å². The van der Waals surface area contributed by atoms with Crippen molar-refractivity contribution in [1.29, 1.82) is 0 Å². The first-order chi connectivity index (χ1) is 19.5. The lowest BCUT2D eigenvalue weighted by molar-refractivity contribution is -0.151. The number of carbonyl (C=O) groups excluding carboxylic acids is 3. The van der Waals surface area contributed by atoms with Gasteiger partial charge in [-0.1, -0.05) is 57.7 Å². The van der Waals surface area contributed by atoms with E-state index in [4.69, 9.17) is 4.74 Å². The molecule has 0 bridgehead atoms. The molecule has 1 aromatic carbocycles. The molecule has 1 aliphatic carbocycles. The number of anilines is 1. The van der Waals surface area contributed by atoms with Crippen LogP contribution in [-0.4, -0.2) is 48.6 Å². The number of esters is 1. The van der Waals surface area contributed by atoms with Crippen molar-refractivity contribution in [3.05, 3.63) is 65.8 Å². The number of piperidine rings is 1. The van der Waals surface area contributed by atoms with Gasteiger partial charge in [0.05, 0.1) is 24.0 Å². The molecule has 2 aliphatic rings. The lowest BCUT2D eigenvalue weighted by Gasteiger charge is -2.46. The van der Waals surface area contributed by atoms with Crippen LogP contribution in [0.3, 0.4) is 0 Å². The van der Waals surface area contributed by atoms with Gasteiger partial charge >= 0.3 is 5.97 Å². The molecule has 1 aromatic rings. The van der Waals surface area contributed by atoms with Crippen molar-refractivity contribution >= 4 is 23.5 Å². The van der Waals surface area contributed by atoms with Gasteiger partial charge in [-0.2, -0.15) is 0 Å². The van der Waals surface area contributed by atoms with Crippen LogP contribution in [0.25, 0.3) is 0 Å². The number of ether oxygens (including phenoxy) is 1. The lowest BCUT2D eigenvalue weighted by Crippen LogP contribution is -2.56. The number of halogens is 1. The van der Waals surface area contributed by atoms with Crippen LogP contribution in [0.5, 0.6) is 0 Å². The standard InChI is InChI=1S/C34H47FN2O4/c1-7-9-12-23(3)29(22-35)32(39)37-20-11-15-28(30(37)24-16-18-25(19-17-24)33(40)41-8-2)31(38)36-27-14-10-13-26(21-27)34(4,5)6/h7,9-10,12-14,21,24-25,28,30H,1,8,11,15-20,22H2,2-6H3,(H,36,38)/b12-9-,29-23+/t24?,25?,28-,30-/m0/s1. The number of nitrogens with zero attached hydrogens (tertiary/aromatic N) is 1. The van der Waals surface area contributed by atoms with Crippen LogP contribution in [0.4, 0.5) is 10.1 Å². The van der Waals surface area contributed by atoms with Gasteiger partial charge in [-0.05, 0) is 87.0 Å². The number of carbonyl (C=O) groups is 3. The number of benzene rings is 1. The molecule has 0 aromatic heterocycles. The quantitative estimate of drug-likeness (QED) is 0.200. The van der Waals surface area contributed by atoms with Gasteiger partial charge in [0.25, 0.3) is 5.91 Å². The van der Waals surface area contributed by atoms with E-state index >= 15 is 0 Å². The molecule has 3 rings (SSSR count). The highest BCUT2D eigenvalue weighted by atomic mass is 19.1. The highest BCUT2D eigenvalue weighted by molar-refractivity contribution is 5.97. The van der Waals surface area contributed by atoms with Crippen molar-refractivity contribution < 1.29 is 23.5 Å². The summed E-state index contributed by atoms with van der Waals surface area (Å²) >= 11 is 0. The molecule has 1 saturated heterocycles. The molecule has 41 heavy (non-hydrogen) atoms. The number of amides is 2. The summed E-state index contributed by atoms with van der Waals surface area (Å²) < 4.78 is 19.6. The third kappa shape index (κ3) is 8.17. The number of likely N-dealkylation sites (tertiary alicyclic amines) is 1. The van der Waals surface area contributed by atoms with E-state index in [1.807, 2.05) is 18.2 Å². The Morgan fingerprint density at radius 2 is 1.85 bits per heavy atom. The van der Waals surface area contributed by atoms with Crippen LogP contribution in [0.15, 0.2) is 60.2 Å². The van der Waals surface area contributed by atoms with E-state index in [1.165, 1.54) is 0 Å². The molecule has 1 heterocycles. The Balaban J connectivity index is 1.93. The molecule has 1 saturated carbocycles. The Hall–Kier alpha value is -3.22. The van der Waals surface area contributed by atoms with Crippen LogP contribution in [0.2, 0.25) is 0 Å². The third-order valence-corrected chi connectivity index (χ3v) is 8.50. The summed E-state index contributed by atoms with van der Waals surface area (Å²) in [6, 6.07) is 7.50. The lowest BCUT2D eigenvalue weighted by atomic mass is 9.71. The zero-order valence-electron chi connectivity index (χ0n) is 25.4. The summed E-state index contributed by atoms with van der Waals surface area (Å²) in [5.41, 5.74) is 2.43. The second-order valence-corrected chi connectivity index (χ2v) is 12.3. The first-order valence-electron chi connectivity index (χ1n) is 15.0. The molecule has 7 heteroatoms. The number of hydrogen-bond acceptors (Lipinski definition) is 4. The minimum Gasteiger partial charge on any atom is -0.466 e. The minimum absolute atomic E-state index is 0.0199. The summed E-state index contributed by atoms with van der Waals surface area (Å²) in [5, 5.41) is 3.13. The highest BCUT2D eigenvalue weighted by Crippen LogP contribution is 2.40. The van der Waals surface area contributed by atoms with Crippen molar-refractivity contribution in [3.63, 3.8) is 0 Å². The van der Waals surface area contributed by atoms with Gasteiger partial charge in [0.1, 0.15) is 6.67 Å². The van der Waals surface area contributed by atoms with Crippen molar-refractivity contribution in [3.8, 4) is 0 Å². The minimum atomic E-state index is -0.887. The summed E-state index contributed by atoms with van der Waals surface area (Å²) in [7, 11) is 0. The van der Waals surface area contributed by atoms with Gasteiger partial charge in [-0.25, -0.2) is 4.39 Å². The molecule has 2 amide bonds. The molecular formula is C34H47FN2O4. The molecule has 0 spiro atoms. The van der Waals surface area contributed by atoms with Crippen LogP contribution in [0, 0.1) is 17.8 Å². The van der Waals surface area contributed by atoms with Crippen LogP contribution < -0.4 is 5.32 Å². The summed E-state index contributed by atoms with van der Waals surface area (Å²) in [5.74, 6) is -1.25. The average molecular weight is 567 g/mol. The van der Waals surface area contributed by atoms with Gasteiger partial charge in [0.15, 0.2) is 0 Å². The van der Waals surface area contributed by atoms with Crippen molar-refractivity contribution in [2.24, 2.45) is 17.8 Å². The van der Waals surface area contributed by atoms with Crippen LogP contribution in [-0.2, 0) is 24.5 Å². The van der Waals surface area contributed by atoms with Crippen molar-refractivity contribution in [2.45, 2.75) is 84.6 Å². The molecule has 1 N–H and O–H groups in total. The zero-order valence-corrected chi connectivity index (χ0v) is 25.4. The van der Waals surface area contributed by atoms with E-state index in [1.54, 1.807) is 37.0 Å². The van der Waals surface area contributed by atoms with Gasteiger partial charge < -0.3 is 15.0 Å². The molecule has 2 atom stereocenters. The van der Waals surface area contributed by atoms with Crippen LogP contribution in [0.1, 0.15) is 78.7 Å². The van der Waals surface area contributed by atoms with Crippen LogP contribution >= 0.6 is 0 Å². The number of allylic oxidation sites excluding steroid dienone is 4. The Morgan fingerprint density at radius 1 is 1.15 bits per heavy atom. The average Bonchev–Trinajstić information content (AvgIpc) is 2.95. The van der Waals surface area contributed by atoms with E-state index in [0.717, 1.165) is 11.3 Å². The van der Waals surface area contributed by atoms with Gasteiger partial charge in [0, 0.05) is 18.3 Å². The molecule has 0 unspecified atom stereocenters. The molecule has 2 fully saturated rings. The Morgan fingerprint density at radius 3 is 2.46 bits per heavy atom. The molecule has 0 radical (unpaired) electrons. The SMILES string of the molecule is C=C/C=C\C(C)=C(/CF)C(=O)N1CCC[C@H](C(=O)Nc2cccc(C(C)(C)C)c2)[C@@H]1C1CCC(C(=O)OCC)CC1. The molecular weight excluding hydrogens is 519 g/mol. The fourth-order valence-electron chi connectivity index (χ4n) is 6.20. The van der Waals surface area contributed by atoms with Gasteiger partial charge in [-0.3, -0.25) is 14.4 Å². The predicted octanol–water partition coefficient (Wildman–Crippen LogP) is 6.93. The van der Waals surface area contributed by atoms with Gasteiger partial charge in [-0.15, -0.1) is 0 Å². The second-order valence-electron chi connectivity index (χ2n) is 12.3. The normalized spacial score (nSPS) is 24.0.